The van der Waals surface area contributed by atoms with Gasteiger partial charge < -0.3 is 0 Å². The van der Waals surface area contributed by atoms with Gasteiger partial charge in [0.25, 0.3) is 0 Å². The van der Waals surface area contributed by atoms with Crippen LogP contribution in [0.1, 0.15) is 12.5 Å². The maximum absolute atomic E-state index is 11.1. The van der Waals surface area contributed by atoms with Crippen molar-refractivity contribution in [3.05, 3.63) is 29.8 Å². The molecule has 15 heavy (non-hydrogen) atoms. The number of aryl methyl sites for hydroxylation is 1. The number of amides is 1. The summed E-state index contributed by atoms with van der Waals surface area (Å²) in [6.07, 6.45) is 0. The Hall–Kier alpha value is -1.00. The van der Waals surface area contributed by atoms with Crippen molar-refractivity contribution in [2.24, 2.45) is 11.8 Å². The minimum atomic E-state index is -0.116. The first-order valence-corrected chi connectivity index (χ1v) is 5.82. The van der Waals surface area contributed by atoms with Gasteiger partial charge in [0.1, 0.15) is 0 Å². The van der Waals surface area contributed by atoms with Gasteiger partial charge >= 0.3 is 0 Å². The number of benzene rings is 1. The summed E-state index contributed by atoms with van der Waals surface area (Å²) in [7, 11) is 0. The minimum Gasteiger partial charge on any atom is -0.294 e. The van der Waals surface area contributed by atoms with Crippen LogP contribution in [0.2, 0.25) is 0 Å². The van der Waals surface area contributed by atoms with Crippen molar-refractivity contribution in [3.63, 3.8) is 0 Å². The second-order valence-electron chi connectivity index (χ2n) is 3.53. The normalized spacial score (nSPS) is 12.2. The van der Waals surface area contributed by atoms with Crippen LogP contribution >= 0.6 is 11.8 Å². The number of thioether (sulfide) groups is 1. The lowest BCUT2D eigenvalue weighted by Crippen LogP contribution is -2.35. The van der Waals surface area contributed by atoms with Gasteiger partial charge in [-0.3, -0.25) is 10.2 Å². The highest BCUT2D eigenvalue weighted by molar-refractivity contribution is 7.99. The van der Waals surface area contributed by atoms with Crippen LogP contribution in [-0.4, -0.2) is 11.7 Å². The number of hydrazine groups is 1. The summed E-state index contributed by atoms with van der Waals surface area (Å²) in [4.78, 5) is 12.3. The largest absolute Gasteiger partial charge is 0.294 e. The molecule has 1 unspecified atom stereocenters. The molecule has 82 valence electrons. The smallest absolute Gasteiger partial charge is 0.237 e. The van der Waals surface area contributed by atoms with Gasteiger partial charge in [-0.2, -0.15) is 0 Å². The minimum absolute atomic E-state index is 0.0682. The second kappa shape index (κ2) is 5.78. The molecule has 0 aromatic heterocycles. The molecule has 0 aliphatic carbocycles. The van der Waals surface area contributed by atoms with E-state index in [1.165, 1.54) is 10.5 Å². The van der Waals surface area contributed by atoms with E-state index in [9.17, 15) is 4.79 Å². The lowest BCUT2D eigenvalue weighted by molar-refractivity contribution is -0.123. The molecule has 0 radical (unpaired) electrons. The fourth-order valence-electron chi connectivity index (χ4n) is 1.07. The Balaban J connectivity index is 2.43. The molecule has 0 spiro atoms. The standard InChI is InChI=1S/C11H16N2OS/c1-8-3-5-10(6-4-8)15-7-9(2)11(14)13-12/h3-6,9H,7,12H2,1-2H3,(H,13,14). The molecule has 0 aliphatic rings. The van der Waals surface area contributed by atoms with Gasteiger partial charge in [0.15, 0.2) is 0 Å². The molecule has 0 bridgehead atoms. The Morgan fingerprint density at radius 1 is 1.47 bits per heavy atom. The van der Waals surface area contributed by atoms with Crippen LogP contribution in [0.4, 0.5) is 0 Å². The molecular formula is C11H16N2OS. The van der Waals surface area contributed by atoms with Crippen molar-refractivity contribution >= 4 is 17.7 Å². The number of hydrogen-bond donors (Lipinski definition) is 2. The molecule has 0 saturated carbocycles. The maximum atomic E-state index is 11.1. The van der Waals surface area contributed by atoms with Gasteiger partial charge in [0, 0.05) is 16.6 Å². The molecule has 1 amide bonds. The molecular weight excluding hydrogens is 208 g/mol. The van der Waals surface area contributed by atoms with Crippen LogP contribution in [0.3, 0.4) is 0 Å². The Kier molecular flexibility index (Phi) is 4.65. The molecule has 0 aliphatic heterocycles. The fraction of sp³-hybridized carbons (Fsp3) is 0.364. The second-order valence-corrected chi connectivity index (χ2v) is 4.63. The summed E-state index contributed by atoms with van der Waals surface area (Å²) < 4.78 is 0. The van der Waals surface area contributed by atoms with Crippen molar-refractivity contribution in [1.29, 1.82) is 0 Å². The zero-order valence-corrected chi connectivity index (χ0v) is 9.80. The first-order valence-electron chi connectivity index (χ1n) is 4.83. The van der Waals surface area contributed by atoms with E-state index in [0.717, 1.165) is 5.75 Å². The number of hydrogen-bond acceptors (Lipinski definition) is 3. The van der Waals surface area contributed by atoms with Crippen molar-refractivity contribution < 1.29 is 4.79 Å². The molecule has 1 aromatic rings. The summed E-state index contributed by atoms with van der Waals surface area (Å²) in [5.74, 6) is 5.61. The quantitative estimate of drug-likeness (QED) is 0.354. The van der Waals surface area contributed by atoms with E-state index in [0.29, 0.717) is 0 Å². The lowest BCUT2D eigenvalue weighted by atomic mass is 10.2. The number of rotatable bonds is 4. The van der Waals surface area contributed by atoms with Crippen LogP contribution < -0.4 is 11.3 Å². The number of nitrogens with two attached hydrogens (primary N) is 1. The van der Waals surface area contributed by atoms with Gasteiger partial charge in [0.2, 0.25) is 5.91 Å². The summed E-state index contributed by atoms with van der Waals surface area (Å²) in [6, 6.07) is 8.26. The van der Waals surface area contributed by atoms with Crippen LogP contribution in [0, 0.1) is 12.8 Å². The van der Waals surface area contributed by atoms with Crippen molar-refractivity contribution in [3.8, 4) is 0 Å². The van der Waals surface area contributed by atoms with Gasteiger partial charge in [-0.1, -0.05) is 24.6 Å². The molecule has 3 nitrogen and oxygen atoms in total. The van der Waals surface area contributed by atoms with Crippen molar-refractivity contribution in [2.75, 3.05) is 5.75 Å². The van der Waals surface area contributed by atoms with Crippen LogP contribution in [0.15, 0.2) is 29.2 Å². The van der Waals surface area contributed by atoms with Crippen LogP contribution in [-0.2, 0) is 4.79 Å². The monoisotopic (exact) mass is 224 g/mol. The van der Waals surface area contributed by atoms with Gasteiger partial charge in [-0.15, -0.1) is 11.8 Å². The highest BCUT2D eigenvalue weighted by Crippen LogP contribution is 2.20. The van der Waals surface area contributed by atoms with Gasteiger partial charge in [-0.25, -0.2) is 5.84 Å². The first-order chi connectivity index (χ1) is 7.13. The molecule has 1 rings (SSSR count). The van der Waals surface area contributed by atoms with Crippen LogP contribution in [0.25, 0.3) is 0 Å². The highest BCUT2D eigenvalue weighted by Gasteiger charge is 2.11. The molecule has 0 heterocycles. The van der Waals surface area contributed by atoms with Gasteiger partial charge in [-0.05, 0) is 19.1 Å². The van der Waals surface area contributed by atoms with Crippen molar-refractivity contribution in [1.82, 2.24) is 5.43 Å². The van der Waals surface area contributed by atoms with E-state index in [-0.39, 0.29) is 11.8 Å². The molecule has 1 aromatic carbocycles. The Morgan fingerprint density at radius 2 is 2.07 bits per heavy atom. The Bertz CT molecular complexity index is 324. The predicted octanol–water partition coefficient (Wildman–Crippen LogP) is 1.71. The van der Waals surface area contributed by atoms with E-state index >= 15 is 0 Å². The van der Waals surface area contributed by atoms with Crippen LogP contribution in [0.5, 0.6) is 0 Å². The Labute approximate surface area is 94.4 Å². The van der Waals surface area contributed by atoms with E-state index < -0.39 is 0 Å². The average molecular weight is 224 g/mol. The average Bonchev–Trinajstić information content (AvgIpc) is 2.26. The highest BCUT2D eigenvalue weighted by atomic mass is 32.2. The lowest BCUT2D eigenvalue weighted by Gasteiger charge is -2.08. The third kappa shape index (κ3) is 3.93. The molecule has 3 N–H and O–H groups in total. The van der Waals surface area contributed by atoms with Gasteiger partial charge in [0.05, 0.1) is 0 Å². The summed E-state index contributed by atoms with van der Waals surface area (Å²) >= 11 is 1.66. The summed E-state index contributed by atoms with van der Waals surface area (Å²) in [5.41, 5.74) is 3.40. The molecule has 1 atom stereocenters. The zero-order chi connectivity index (χ0) is 11.3. The predicted molar refractivity (Wildman–Crippen MR) is 63.4 cm³/mol. The SMILES string of the molecule is Cc1ccc(SCC(C)C(=O)NN)cc1. The zero-order valence-electron chi connectivity index (χ0n) is 8.99. The third-order valence-corrected chi connectivity index (χ3v) is 3.38. The van der Waals surface area contributed by atoms with E-state index in [1.807, 2.05) is 6.92 Å². The number of carbonyl (C=O) groups excluding carboxylic acids is 1. The fourth-order valence-corrected chi connectivity index (χ4v) is 2.00. The number of nitrogens with one attached hydrogen (secondary N) is 1. The maximum Gasteiger partial charge on any atom is 0.237 e. The topological polar surface area (TPSA) is 55.1 Å². The Morgan fingerprint density at radius 3 is 2.60 bits per heavy atom. The van der Waals surface area contributed by atoms with E-state index in [4.69, 9.17) is 5.84 Å². The summed E-state index contributed by atoms with van der Waals surface area (Å²) in [5, 5.41) is 0. The first kappa shape index (κ1) is 12.1. The number of carbonyl (C=O) groups is 1. The third-order valence-electron chi connectivity index (χ3n) is 2.11. The van der Waals surface area contributed by atoms with Crippen molar-refractivity contribution in [2.45, 2.75) is 18.7 Å². The van der Waals surface area contributed by atoms with E-state index in [1.54, 1.807) is 11.8 Å². The molecule has 4 heteroatoms. The molecule has 0 fully saturated rings. The summed E-state index contributed by atoms with van der Waals surface area (Å²) in [6.45, 7) is 3.92. The molecule has 0 saturated heterocycles. The van der Waals surface area contributed by atoms with E-state index in [2.05, 4.69) is 36.6 Å².